The highest BCUT2D eigenvalue weighted by molar-refractivity contribution is 5.92. The van der Waals surface area contributed by atoms with Gasteiger partial charge < -0.3 is 10.2 Å². The number of unbranched alkanes of at least 4 members (excludes halogenated alkanes) is 1. The van der Waals surface area contributed by atoms with Crippen molar-refractivity contribution in [2.75, 3.05) is 18.5 Å². The largest absolute Gasteiger partial charge is 0.358 e. The summed E-state index contributed by atoms with van der Waals surface area (Å²) in [6.07, 6.45) is 11.4. The van der Waals surface area contributed by atoms with Crippen molar-refractivity contribution in [1.29, 1.82) is 0 Å². The molecular formula is C16H26N4O. The fourth-order valence-electron chi connectivity index (χ4n) is 2.65. The number of carbonyl (C=O) groups is 1. The van der Waals surface area contributed by atoms with Crippen molar-refractivity contribution in [2.45, 2.75) is 57.9 Å². The van der Waals surface area contributed by atoms with Crippen LogP contribution >= 0.6 is 0 Å². The molecule has 5 heteroatoms. The van der Waals surface area contributed by atoms with E-state index < -0.39 is 0 Å². The molecule has 0 saturated heterocycles. The third kappa shape index (κ3) is 4.69. The minimum Gasteiger partial charge on any atom is -0.358 e. The van der Waals surface area contributed by atoms with E-state index in [4.69, 9.17) is 0 Å². The molecule has 1 aromatic rings. The van der Waals surface area contributed by atoms with Gasteiger partial charge in [-0.25, -0.2) is 9.97 Å². The molecule has 1 fully saturated rings. The first-order valence-electron chi connectivity index (χ1n) is 8.04. The number of nitrogens with zero attached hydrogens (tertiary/aromatic N) is 3. The van der Waals surface area contributed by atoms with Gasteiger partial charge in [-0.05, 0) is 19.3 Å². The molecule has 0 unspecified atom stereocenters. The van der Waals surface area contributed by atoms with Gasteiger partial charge in [-0.3, -0.25) is 4.79 Å². The van der Waals surface area contributed by atoms with E-state index in [9.17, 15) is 4.79 Å². The molecule has 0 aliphatic heterocycles. The van der Waals surface area contributed by atoms with E-state index in [-0.39, 0.29) is 5.91 Å². The maximum absolute atomic E-state index is 12.1. The van der Waals surface area contributed by atoms with Crippen LogP contribution in [0.1, 0.15) is 62.4 Å². The summed E-state index contributed by atoms with van der Waals surface area (Å²) in [4.78, 5) is 22.8. The van der Waals surface area contributed by atoms with Crippen LogP contribution in [0.5, 0.6) is 0 Å². The van der Waals surface area contributed by atoms with Crippen LogP contribution in [-0.2, 0) is 0 Å². The fraction of sp³-hybridized carbons (Fsp3) is 0.688. The lowest BCUT2D eigenvalue weighted by Gasteiger charge is -2.22. The molecule has 1 saturated carbocycles. The normalized spacial score (nSPS) is 15.7. The third-order valence-corrected chi connectivity index (χ3v) is 4.05. The van der Waals surface area contributed by atoms with Gasteiger partial charge in [0.15, 0.2) is 0 Å². The summed E-state index contributed by atoms with van der Waals surface area (Å²) >= 11 is 0. The highest BCUT2D eigenvalue weighted by Crippen LogP contribution is 2.17. The number of aromatic nitrogens is 2. The quantitative estimate of drug-likeness (QED) is 0.875. The van der Waals surface area contributed by atoms with E-state index in [1.54, 1.807) is 12.4 Å². The molecule has 1 heterocycles. The second-order valence-corrected chi connectivity index (χ2v) is 5.84. The number of carbonyl (C=O) groups excluding carboxylic acids is 1. The van der Waals surface area contributed by atoms with Gasteiger partial charge in [0.2, 0.25) is 0 Å². The minimum absolute atomic E-state index is 0.0999. The van der Waals surface area contributed by atoms with Crippen molar-refractivity contribution in [2.24, 2.45) is 0 Å². The number of anilines is 1. The molecule has 1 aliphatic carbocycles. The Morgan fingerprint density at radius 2 is 2.05 bits per heavy atom. The number of hydrogen-bond acceptors (Lipinski definition) is 4. The Hall–Kier alpha value is -1.65. The second-order valence-electron chi connectivity index (χ2n) is 5.84. The van der Waals surface area contributed by atoms with Crippen molar-refractivity contribution in [3.63, 3.8) is 0 Å². The Bertz CT molecular complexity index is 440. The summed E-state index contributed by atoms with van der Waals surface area (Å²) in [6, 6.07) is 0.306. The molecular weight excluding hydrogens is 264 g/mol. The maximum Gasteiger partial charge on any atom is 0.271 e. The summed E-state index contributed by atoms with van der Waals surface area (Å²) in [7, 11) is 2.00. The number of amides is 1. The van der Waals surface area contributed by atoms with Gasteiger partial charge in [-0.15, -0.1) is 0 Å². The monoisotopic (exact) mass is 290 g/mol. The molecule has 0 spiro atoms. The summed E-state index contributed by atoms with van der Waals surface area (Å²) in [5.74, 6) is 0.717. The maximum atomic E-state index is 12.1. The van der Waals surface area contributed by atoms with E-state index >= 15 is 0 Å². The lowest BCUT2D eigenvalue weighted by Crippen LogP contribution is -2.36. The van der Waals surface area contributed by atoms with Crippen molar-refractivity contribution in [1.82, 2.24) is 15.3 Å². The first-order chi connectivity index (χ1) is 10.2. The number of nitrogens with one attached hydrogen (secondary N) is 1. The van der Waals surface area contributed by atoms with Crippen molar-refractivity contribution in [3.05, 3.63) is 18.1 Å². The van der Waals surface area contributed by atoms with E-state index in [2.05, 4.69) is 27.1 Å². The summed E-state index contributed by atoms with van der Waals surface area (Å²) < 4.78 is 0. The standard InChI is InChI=1S/C16H26N4O/c1-3-4-10-20(2)15-12-17-14(11-18-15)16(21)19-13-8-6-5-7-9-13/h11-13H,3-10H2,1-2H3,(H,19,21). The predicted molar refractivity (Wildman–Crippen MR) is 84.5 cm³/mol. The lowest BCUT2D eigenvalue weighted by atomic mass is 9.95. The van der Waals surface area contributed by atoms with E-state index in [0.29, 0.717) is 11.7 Å². The number of rotatable bonds is 6. The molecule has 1 amide bonds. The summed E-state index contributed by atoms with van der Waals surface area (Å²) in [5, 5.41) is 3.06. The van der Waals surface area contributed by atoms with Crippen LogP contribution in [0, 0.1) is 0 Å². The number of hydrogen-bond donors (Lipinski definition) is 1. The van der Waals surface area contributed by atoms with Crippen LogP contribution in [0.4, 0.5) is 5.82 Å². The average Bonchev–Trinajstić information content (AvgIpc) is 2.53. The van der Waals surface area contributed by atoms with E-state index in [1.807, 2.05) is 7.05 Å². The zero-order valence-corrected chi connectivity index (χ0v) is 13.1. The van der Waals surface area contributed by atoms with Crippen LogP contribution in [0.25, 0.3) is 0 Å². The molecule has 0 bridgehead atoms. The van der Waals surface area contributed by atoms with Gasteiger partial charge in [-0.1, -0.05) is 32.6 Å². The van der Waals surface area contributed by atoms with Gasteiger partial charge in [0.25, 0.3) is 5.91 Å². The Morgan fingerprint density at radius 3 is 2.67 bits per heavy atom. The van der Waals surface area contributed by atoms with Gasteiger partial charge in [0, 0.05) is 19.6 Å². The van der Waals surface area contributed by atoms with Crippen molar-refractivity contribution < 1.29 is 4.79 Å². The molecule has 0 atom stereocenters. The first kappa shape index (κ1) is 15.7. The zero-order valence-electron chi connectivity index (χ0n) is 13.1. The molecule has 1 aromatic heterocycles. The smallest absolute Gasteiger partial charge is 0.271 e. The molecule has 21 heavy (non-hydrogen) atoms. The molecule has 5 nitrogen and oxygen atoms in total. The predicted octanol–water partition coefficient (Wildman–Crippen LogP) is 2.78. The van der Waals surface area contributed by atoms with E-state index in [0.717, 1.165) is 38.0 Å². The first-order valence-corrected chi connectivity index (χ1v) is 8.04. The topological polar surface area (TPSA) is 58.1 Å². The lowest BCUT2D eigenvalue weighted by molar-refractivity contribution is 0.0922. The zero-order chi connectivity index (χ0) is 15.1. The van der Waals surface area contributed by atoms with Gasteiger partial charge in [0.05, 0.1) is 12.4 Å². The minimum atomic E-state index is -0.0999. The van der Waals surface area contributed by atoms with Crippen molar-refractivity contribution >= 4 is 11.7 Å². The molecule has 116 valence electrons. The van der Waals surface area contributed by atoms with Crippen LogP contribution in [0.15, 0.2) is 12.4 Å². The Balaban J connectivity index is 1.89. The van der Waals surface area contributed by atoms with Crippen molar-refractivity contribution in [3.8, 4) is 0 Å². The molecule has 1 N–H and O–H groups in total. The summed E-state index contributed by atoms with van der Waals surface area (Å²) in [6.45, 7) is 3.12. The highest BCUT2D eigenvalue weighted by Gasteiger charge is 2.17. The van der Waals surface area contributed by atoms with Gasteiger partial charge in [0.1, 0.15) is 11.5 Å². The van der Waals surface area contributed by atoms with E-state index in [1.165, 1.54) is 19.3 Å². The SMILES string of the molecule is CCCCN(C)c1cnc(C(=O)NC2CCCCC2)cn1. The Labute approximate surface area is 127 Å². The fourth-order valence-corrected chi connectivity index (χ4v) is 2.65. The molecule has 0 aromatic carbocycles. The summed E-state index contributed by atoms with van der Waals surface area (Å²) in [5.41, 5.74) is 0.410. The van der Waals surface area contributed by atoms with Crippen LogP contribution in [-0.4, -0.2) is 35.5 Å². The molecule has 0 radical (unpaired) electrons. The second kappa shape index (κ2) is 7.96. The van der Waals surface area contributed by atoms with Crippen LogP contribution < -0.4 is 10.2 Å². The Kier molecular flexibility index (Phi) is 5.96. The third-order valence-electron chi connectivity index (χ3n) is 4.05. The molecule has 1 aliphatic rings. The average molecular weight is 290 g/mol. The van der Waals surface area contributed by atoms with Gasteiger partial charge in [-0.2, -0.15) is 0 Å². The molecule has 2 rings (SSSR count). The van der Waals surface area contributed by atoms with Crippen LogP contribution in [0.2, 0.25) is 0 Å². The van der Waals surface area contributed by atoms with Crippen LogP contribution in [0.3, 0.4) is 0 Å². The van der Waals surface area contributed by atoms with Gasteiger partial charge >= 0.3 is 0 Å². The highest BCUT2D eigenvalue weighted by atomic mass is 16.1. The Morgan fingerprint density at radius 1 is 1.29 bits per heavy atom.